The summed E-state index contributed by atoms with van der Waals surface area (Å²) >= 11 is 0. The molecule has 1 fully saturated rings. The lowest BCUT2D eigenvalue weighted by Crippen LogP contribution is -2.13. The fraction of sp³-hybridized carbons (Fsp3) is 0.208. The van der Waals surface area contributed by atoms with Gasteiger partial charge in [0.1, 0.15) is 17.8 Å². The molecule has 0 saturated heterocycles. The summed E-state index contributed by atoms with van der Waals surface area (Å²) in [7, 11) is 3.12. The van der Waals surface area contributed by atoms with Crippen LogP contribution in [0.25, 0.3) is 22.5 Å². The Kier molecular flexibility index (Phi) is 5.43. The van der Waals surface area contributed by atoms with Gasteiger partial charge in [0.2, 0.25) is 5.88 Å². The molecule has 3 aromatic heterocycles. The van der Waals surface area contributed by atoms with Crippen molar-refractivity contribution in [3.63, 3.8) is 0 Å². The molecule has 33 heavy (non-hydrogen) atoms. The summed E-state index contributed by atoms with van der Waals surface area (Å²) in [6.45, 7) is 0. The van der Waals surface area contributed by atoms with Crippen molar-refractivity contribution in [3.05, 3.63) is 66.9 Å². The van der Waals surface area contributed by atoms with E-state index in [0.29, 0.717) is 23.4 Å². The molecular weight excluding hydrogens is 420 g/mol. The Morgan fingerprint density at radius 2 is 1.94 bits per heavy atom. The molecule has 0 spiro atoms. The highest BCUT2D eigenvalue weighted by Crippen LogP contribution is 2.37. The number of nitrogens with one attached hydrogen (secondary N) is 1. The summed E-state index contributed by atoms with van der Waals surface area (Å²) in [6, 6.07) is 13.2. The maximum Gasteiger partial charge on any atom is 0.274 e. The first-order chi connectivity index (χ1) is 16.2. The lowest BCUT2D eigenvalue weighted by atomic mass is 10.1. The van der Waals surface area contributed by atoms with Gasteiger partial charge in [0.25, 0.3) is 5.91 Å². The fourth-order valence-electron chi connectivity index (χ4n) is 3.64. The van der Waals surface area contributed by atoms with E-state index in [1.807, 2.05) is 24.3 Å². The van der Waals surface area contributed by atoms with Gasteiger partial charge in [-0.25, -0.2) is 4.98 Å². The minimum absolute atomic E-state index is 0.275. The van der Waals surface area contributed by atoms with Crippen LogP contribution in [-0.4, -0.2) is 44.9 Å². The summed E-state index contributed by atoms with van der Waals surface area (Å²) < 4.78 is 12.7. The zero-order valence-corrected chi connectivity index (χ0v) is 18.2. The van der Waals surface area contributed by atoms with Crippen LogP contribution in [0.5, 0.6) is 11.6 Å². The van der Waals surface area contributed by atoms with Crippen molar-refractivity contribution >= 4 is 11.6 Å². The van der Waals surface area contributed by atoms with Gasteiger partial charge in [-0.15, -0.1) is 10.2 Å². The highest BCUT2D eigenvalue weighted by atomic mass is 16.5. The number of pyridine rings is 2. The number of hydrogen-bond acceptors (Lipinski definition) is 7. The van der Waals surface area contributed by atoms with Gasteiger partial charge < -0.3 is 19.4 Å². The summed E-state index contributed by atoms with van der Waals surface area (Å²) in [5.74, 6) is 1.51. The Morgan fingerprint density at radius 3 is 2.73 bits per heavy atom. The van der Waals surface area contributed by atoms with Gasteiger partial charge in [0, 0.05) is 41.3 Å². The van der Waals surface area contributed by atoms with E-state index in [4.69, 9.17) is 9.47 Å². The number of nitrogens with zero attached hydrogens (tertiary/aromatic N) is 5. The Labute approximate surface area is 190 Å². The second kappa shape index (κ2) is 8.70. The molecule has 3 heterocycles. The Balaban J connectivity index is 1.39. The largest absolute Gasteiger partial charge is 0.496 e. The SMILES string of the molecule is COc1cc(OC)c(-c2ccnc(C(=O)Nc3cccc(-c4nncn4C4CC4)c3)c2)cn1. The molecule has 9 heteroatoms. The van der Waals surface area contributed by atoms with E-state index in [0.717, 1.165) is 35.4 Å². The fourth-order valence-corrected chi connectivity index (χ4v) is 3.64. The van der Waals surface area contributed by atoms with E-state index >= 15 is 0 Å². The van der Waals surface area contributed by atoms with Crippen LogP contribution < -0.4 is 14.8 Å². The highest BCUT2D eigenvalue weighted by Gasteiger charge is 2.26. The third kappa shape index (κ3) is 4.25. The average molecular weight is 442 g/mol. The van der Waals surface area contributed by atoms with Crippen LogP contribution in [0.2, 0.25) is 0 Å². The van der Waals surface area contributed by atoms with Gasteiger partial charge in [-0.2, -0.15) is 0 Å². The second-order valence-electron chi connectivity index (χ2n) is 7.68. The van der Waals surface area contributed by atoms with Crippen molar-refractivity contribution < 1.29 is 14.3 Å². The molecule has 0 radical (unpaired) electrons. The van der Waals surface area contributed by atoms with E-state index < -0.39 is 0 Å². The highest BCUT2D eigenvalue weighted by molar-refractivity contribution is 6.03. The number of aromatic nitrogens is 5. The third-order valence-electron chi connectivity index (χ3n) is 5.47. The molecule has 4 aromatic rings. The molecule has 1 aliphatic carbocycles. The van der Waals surface area contributed by atoms with E-state index in [1.54, 1.807) is 51.1 Å². The van der Waals surface area contributed by atoms with Crippen LogP contribution in [-0.2, 0) is 0 Å². The van der Waals surface area contributed by atoms with Crippen LogP contribution in [0, 0.1) is 0 Å². The number of carbonyl (C=O) groups is 1. The Bertz CT molecular complexity index is 1320. The van der Waals surface area contributed by atoms with Gasteiger partial charge in [-0.3, -0.25) is 9.78 Å². The van der Waals surface area contributed by atoms with Crippen LogP contribution in [0.3, 0.4) is 0 Å². The van der Waals surface area contributed by atoms with E-state index in [9.17, 15) is 4.79 Å². The summed E-state index contributed by atoms with van der Waals surface area (Å²) in [6.07, 6.45) is 7.27. The van der Waals surface area contributed by atoms with Gasteiger partial charge in [0.05, 0.1) is 14.2 Å². The molecule has 1 aromatic carbocycles. The topological polar surface area (TPSA) is 104 Å². The first-order valence-electron chi connectivity index (χ1n) is 10.5. The van der Waals surface area contributed by atoms with Crippen molar-refractivity contribution in [1.82, 2.24) is 24.7 Å². The smallest absolute Gasteiger partial charge is 0.274 e. The molecule has 0 atom stereocenters. The molecule has 0 unspecified atom stereocenters. The molecule has 9 nitrogen and oxygen atoms in total. The quantitative estimate of drug-likeness (QED) is 0.461. The van der Waals surface area contributed by atoms with E-state index in [-0.39, 0.29) is 11.6 Å². The zero-order chi connectivity index (χ0) is 22.8. The number of hydrogen-bond donors (Lipinski definition) is 1. The van der Waals surface area contributed by atoms with Gasteiger partial charge in [-0.05, 0) is 42.7 Å². The normalized spacial score (nSPS) is 12.9. The number of amides is 1. The van der Waals surface area contributed by atoms with Gasteiger partial charge >= 0.3 is 0 Å². The average Bonchev–Trinajstić information content (AvgIpc) is 3.59. The number of rotatable bonds is 7. The van der Waals surface area contributed by atoms with Crippen LogP contribution in [0.1, 0.15) is 29.4 Å². The summed E-state index contributed by atoms with van der Waals surface area (Å²) in [5, 5.41) is 11.2. The van der Waals surface area contributed by atoms with Crippen molar-refractivity contribution in [1.29, 1.82) is 0 Å². The lowest BCUT2D eigenvalue weighted by Gasteiger charge is -2.11. The molecule has 5 rings (SSSR count). The van der Waals surface area contributed by atoms with Crippen LogP contribution >= 0.6 is 0 Å². The number of methoxy groups -OCH3 is 2. The Morgan fingerprint density at radius 1 is 1.06 bits per heavy atom. The standard InChI is InChI=1S/C24H22N6O3/c1-32-21-12-22(33-2)26-13-19(21)15-8-9-25-20(11-15)24(31)28-17-5-3-4-16(10-17)23-29-27-14-30(23)18-6-7-18/h3-5,8-14,18H,6-7H2,1-2H3,(H,28,31). The lowest BCUT2D eigenvalue weighted by molar-refractivity contribution is 0.102. The maximum atomic E-state index is 13.0. The minimum atomic E-state index is -0.321. The first-order valence-corrected chi connectivity index (χ1v) is 10.5. The number of benzene rings is 1. The number of carbonyl (C=O) groups excluding carboxylic acids is 1. The summed E-state index contributed by atoms with van der Waals surface area (Å²) in [5.41, 5.74) is 3.31. The predicted octanol–water partition coefficient (Wildman–Crippen LogP) is 4.01. The molecule has 1 amide bonds. The van der Waals surface area contributed by atoms with Crippen LogP contribution in [0.15, 0.2) is 61.2 Å². The summed E-state index contributed by atoms with van der Waals surface area (Å²) in [4.78, 5) is 21.5. The Hall–Kier alpha value is -4.27. The van der Waals surface area contributed by atoms with Crippen molar-refractivity contribution in [2.45, 2.75) is 18.9 Å². The van der Waals surface area contributed by atoms with Crippen LogP contribution in [0.4, 0.5) is 5.69 Å². The molecular formula is C24H22N6O3. The van der Waals surface area contributed by atoms with Crippen molar-refractivity contribution in [2.75, 3.05) is 19.5 Å². The first kappa shape index (κ1) is 20.6. The number of ether oxygens (including phenoxy) is 2. The number of anilines is 1. The predicted molar refractivity (Wildman–Crippen MR) is 122 cm³/mol. The minimum Gasteiger partial charge on any atom is -0.496 e. The maximum absolute atomic E-state index is 13.0. The molecule has 0 bridgehead atoms. The molecule has 1 N–H and O–H groups in total. The van der Waals surface area contributed by atoms with E-state index in [2.05, 4.69) is 30.0 Å². The molecule has 1 aliphatic rings. The van der Waals surface area contributed by atoms with Gasteiger partial charge in [0.15, 0.2) is 5.82 Å². The zero-order valence-electron chi connectivity index (χ0n) is 18.2. The van der Waals surface area contributed by atoms with Gasteiger partial charge in [-0.1, -0.05) is 12.1 Å². The molecule has 0 aliphatic heterocycles. The second-order valence-corrected chi connectivity index (χ2v) is 7.68. The van der Waals surface area contributed by atoms with E-state index in [1.165, 1.54) is 0 Å². The monoisotopic (exact) mass is 442 g/mol. The molecule has 166 valence electrons. The third-order valence-corrected chi connectivity index (χ3v) is 5.47. The van der Waals surface area contributed by atoms with Crippen molar-refractivity contribution in [2.24, 2.45) is 0 Å². The van der Waals surface area contributed by atoms with Crippen molar-refractivity contribution in [3.8, 4) is 34.1 Å². The molecule has 1 saturated carbocycles.